The second-order valence-electron chi connectivity index (χ2n) is 9.13. The van der Waals surface area contributed by atoms with Gasteiger partial charge < -0.3 is 18.6 Å². The lowest BCUT2D eigenvalue weighted by atomic mass is 9.95. The number of carbonyl (C=O) groups excluding carboxylic acids is 2. The Balaban J connectivity index is 1.65. The summed E-state index contributed by atoms with van der Waals surface area (Å²) in [6.45, 7) is 4.81. The SMILES string of the molecule is CCOC(=O)C1=C(C)N=c2s/c(=C/c3ccc(-c4ccc(Cl)cc4Cl)o3)c(=O)n2[C@H]1c1ccc(OC(C)=O)c(OC)c1. The van der Waals surface area contributed by atoms with E-state index in [1.165, 1.54) is 18.6 Å². The van der Waals surface area contributed by atoms with Gasteiger partial charge in [-0.25, -0.2) is 9.79 Å². The topological polar surface area (TPSA) is 109 Å². The van der Waals surface area contributed by atoms with Crippen molar-refractivity contribution in [1.82, 2.24) is 4.57 Å². The molecule has 0 amide bonds. The van der Waals surface area contributed by atoms with Crippen molar-refractivity contribution in [2.24, 2.45) is 4.99 Å². The molecule has 0 aliphatic carbocycles. The molecule has 2 aromatic heterocycles. The van der Waals surface area contributed by atoms with E-state index < -0.39 is 18.0 Å². The van der Waals surface area contributed by atoms with Crippen LogP contribution in [0.2, 0.25) is 10.0 Å². The lowest BCUT2D eigenvalue weighted by molar-refractivity contribution is -0.139. The molecule has 0 radical (unpaired) electrons. The fourth-order valence-corrected chi connectivity index (χ4v) is 6.12. The van der Waals surface area contributed by atoms with Crippen LogP contribution >= 0.6 is 34.5 Å². The summed E-state index contributed by atoms with van der Waals surface area (Å²) in [7, 11) is 1.43. The smallest absolute Gasteiger partial charge is 0.338 e. The van der Waals surface area contributed by atoms with Crippen LogP contribution in [-0.2, 0) is 14.3 Å². The summed E-state index contributed by atoms with van der Waals surface area (Å²) in [6.07, 6.45) is 1.61. The number of nitrogens with zero attached hydrogens (tertiary/aromatic N) is 2. The highest BCUT2D eigenvalue weighted by Gasteiger charge is 2.34. The number of allylic oxidation sites excluding steroid dienone is 1. The van der Waals surface area contributed by atoms with Crippen molar-refractivity contribution in [3.05, 3.63) is 101 Å². The van der Waals surface area contributed by atoms with Crippen molar-refractivity contribution in [2.75, 3.05) is 13.7 Å². The fourth-order valence-electron chi connectivity index (χ4n) is 4.59. The van der Waals surface area contributed by atoms with Crippen molar-refractivity contribution in [1.29, 1.82) is 0 Å². The van der Waals surface area contributed by atoms with Gasteiger partial charge in [0.2, 0.25) is 0 Å². The Morgan fingerprint density at radius 1 is 1.12 bits per heavy atom. The Morgan fingerprint density at radius 2 is 1.90 bits per heavy atom. The second-order valence-corrected chi connectivity index (χ2v) is 11.0. The number of ether oxygens (including phenoxy) is 3. The number of rotatable bonds is 7. The van der Waals surface area contributed by atoms with E-state index in [4.69, 9.17) is 41.8 Å². The lowest BCUT2D eigenvalue weighted by Crippen LogP contribution is -2.39. The summed E-state index contributed by atoms with van der Waals surface area (Å²) in [5.41, 5.74) is 1.42. The Kier molecular flexibility index (Phi) is 8.40. The molecule has 1 aliphatic heterocycles. The van der Waals surface area contributed by atoms with Gasteiger partial charge in [0.25, 0.3) is 5.56 Å². The highest BCUT2D eigenvalue weighted by Crippen LogP contribution is 2.36. The van der Waals surface area contributed by atoms with Gasteiger partial charge in [0, 0.05) is 23.6 Å². The lowest BCUT2D eigenvalue weighted by Gasteiger charge is -2.25. The van der Waals surface area contributed by atoms with Crippen molar-refractivity contribution in [2.45, 2.75) is 26.8 Å². The van der Waals surface area contributed by atoms with Gasteiger partial charge >= 0.3 is 11.9 Å². The van der Waals surface area contributed by atoms with Crippen LogP contribution in [0, 0.1) is 0 Å². The van der Waals surface area contributed by atoms with Gasteiger partial charge in [0.15, 0.2) is 16.3 Å². The van der Waals surface area contributed by atoms with E-state index in [1.54, 1.807) is 68.5 Å². The monoisotopic (exact) mass is 626 g/mol. The molecule has 4 aromatic rings. The first kappa shape index (κ1) is 29.4. The summed E-state index contributed by atoms with van der Waals surface area (Å²) >= 11 is 13.5. The van der Waals surface area contributed by atoms with E-state index in [1.807, 2.05) is 0 Å². The number of thiazole rings is 1. The number of aromatic nitrogens is 1. The summed E-state index contributed by atoms with van der Waals surface area (Å²) in [5, 5.41) is 0.933. The number of hydrogen-bond acceptors (Lipinski definition) is 9. The molecular formula is C30H24Cl2N2O7S. The molecule has 0 unspecified atom stereocenters. The molecule has 42 heavy (non-hydrogen) atoms. The third-order valence-electron chi connectivity index (χ3n) is 6.37. The fraction of sp³-hybridized carbons (Fsp3) is 0.200. The van der Waals surface area contributed by atoms with E-state index in [2.05, 4.69) is 4.99 Å². The zero-order valence-corrected chi connectivity index (χ0v) is 25.2. The third-order valence-corrected chi connectivity index (χ3v) is 7.90. The summed E-state index contributed by atoms with van der Waals surface area (Å²) in [5.74, 6) is 0.272. The molecule has 0 N–H and O–H groups in total. The second kappa shape index (κ2) is 12.0. The summed E-state index contributed by atoms with van der Waals surface area (Å²) < 4.78 is 23.8. The van der Waals surface area contributed by atoms with Crippen molar-refractivity contribution < 1.29 is 28.2 Å². The van der Waals surface area contributed by atoms with Crippen LogP contribution in [0.1, 0.15) is 38.1 Å². The molecule has 0 fully saturated rings. The Labute approximate surface area is 253 Å². The number of esters is 2. The van der Waals surface area contributed by atoms with Crippen molar-refractivity contribution in [3.63, 3.8) is 0 Å². The maximum absolute atomic E-state index is 13.9. The maximum atomic E-state index is 13.9. The average Bonchev–Trinajstić information content (AvgIpc) is 3.52. The average molecular weight is 628 g/mol. The highest BCUT2D eigenvalue weighted by molar-refractivity contribution is 7.07. The van der Waals surface area contributed by atoms with E-state index in [9.17, 15) is 14.4 Å². The molecule has 216 valence electrons. The van der Waals surface area contributed by atoms with Crippen LogP contribution < -0.4 is 24.4 Å². The minimum absolute atomic E-state index is 0.139. The Morgan fingerprint density at radius 3 is 2.60 bits per heavy atom. The molecule has 1 aliphatic rings. The number of fused-ring (bicyclic) bond motifs is 1. The van der Waals surface area contributed by atoms with Gasteiger partial charge in [-0.15, -0.1) is 0 Å². The van der Waals surface area contributed by atoms with Gasteiger partial charge in [-0.1, -0.05) is 40.6 Å². The number of methoxy groups -OCH3 is 1. The molecule has 12 heteroatoms. The Bertz CT molecular complexity index is 1940. The van der Waals surface area contributed by atoms with Crippen LogP contribution in [-0.4, -0.2) is 30.2 Å². The molecule has 5 rings (SSSR count). The maximum Gasteiger partial charge on any atom is 0.338 e. The van der Waals surface area contributed by atoms with Crippen molar-refractivity contribution in [3.8, 4) is 22.8 Å². The number of furan rings is 1. The summed E-state index contributed by atoms with van der Waals surface area (Å²) in [6, 6.07) is 12.5. The zero-order chi connectivity index (χ0) is 30.1. The number of hydrogen-bond donors (Lipinski definition) is 0. The van der Waals surface area contributed by atoms with Gasteiger partial charge in [-0.2, -0.15) is 0 Å². The van der Waals surface area contributed by atoms with Crippen LogP contribution in [0.4, 0.5) is 0 Å². The normalized spacial score (nSPS) is 14.8. The molecule has 9 nitrogen and oxygen atoms in total. The standard InChI is InChI=1S/C30H24Cl2N2O7S/c1-5-39-29(37)26-15(2)33-30-34(27(26)17-6-10-23(40-16(3)35)24(12-17)38-4)28(36)25(42-30)14-19-8-11-22(41-19)20-9-7-18(31)13-21(20)32/h6-14,27H,5H2,1-4H3/b25-14+/t27-/m0/s1. The van der Waals surface area contributed by atoms with Gasteiger partial charge in [0.1, 0.15) is 11.5 Å². The minimum Gasteiger partial charge on any atom is -0.493 e. The molecule has 0 spiro atoms. The number of carbonyl (C=O) groups is 2. The van der Waals surface area contributed by atoms with E-state index in [0.717, 1.165) is 11.3 Å². The molecule has 2 aromatic carbocycles. The largest absolute Gasteiger partial charge is 0.493 e. The minimum atomic E-state index is -0.886. The summed E-state index contributed by atoms with van der Waals surface area (Å²) in [4.78, 5) is 43.6. The molecule has 1 atom stereocenters. The predicted molar refractivity (Wildman–Crippen MR) is 159 cm³/mol. The first-order valence-corrected chi connectivity index (χ1v) is 14.3. The first-order chi connectivity index (χ1) is 20.1. The van der Waals surface area contributed by atoms with Gasteiger partial charge in [0.05, 0.1) is 40.6 Å². The van der Waals surface area contributed by atoms with E-state index in [0.29, 0.717) is 47.7 Å². The first-order valence-electron chi connectivity index (χ1n) is 12.7. The van der Waals surface area contributed by atoms with E-state index >= 15 is 0 Å². The van der Waals surface area contributed by atoms with Gasteiger partial charge in [-0.3, -0.25) is 14.2 Å². The van der Waals surface area contributed by atoms with Gasteiger partial charge in [-0.05, 0) is 61.9 Å². The van der Waals surface area contributed by atoms with Crippen LogP contribution in [0.5, 0.6) is 11.5 Å². The number of halogens is 2. The molecular weight excluding hydrogens is 603 g/mol. The van der Waals surface area contributed by atoms with Crippen LogP contribution in [0.15, 0.2) is 74.0 Å². The predicted octanol–water partition coefficient (Wildman–Crippen LogP) is 5.30. The van der Waals surface area contributed by atoms with Crippen LogP contribution in [0.3, 0.4) is 0 Å². The molecule has 0 saturated heterocycles. The van der Waals surface area contributed by atoms with Crippen LogP contribution in [0.25, 0.3) is 17.4 Å². The van der Waals surface area contributed by atoms with E-state index in [-0.39, 0.29) is 29.2 Å². The highest BCUT2D eigenvalue weighted by atomic mass is 35.5. The van der Waals surface area contributed by atoms with Crippen molar-refractivity contribution >= 4 is 52.6 Å². The molecule has 0 saturated carbocycles. The quantitative estimate of drug-likeness (QED) is 0.202. The zero-order valence-electron chi connectivity index (χ0n) is 22.9. The number of benzene rings is 2. The Hall–Kier alpha value is -4.12. The third kappa shape index (κ3) is 5.65. The molecule has 0 bridgehead atoms. The molecule has 3 heterocycles.